The van der Waals surface area contributed by atoms with Crippen LogP contribution in [0.4, 0.5) is 0 Å². The molecule has 4 heteroatoms. The van der Waals surface area contributed by atoms with E-state index in [4.69, 9.17) is 0 Å². The van der Waals surface area contributed by atoms with E-state index in [0.717, 1.165) is 17.0 Å². The fourth-order valence-corrected chi connectivity index (χ4v) is 1.79. The highest BCUT2D eigenvalue weighted by Crippen LogP contribution is 2.15. The van der Waals surface area contributed by atoms with Gasteiger partial charge in [0.25, 0.3) is 0 Å². The average Bonchev–Trinajstić information content (AvgIpc) is 2.89. The molecule has 0 atom stereocenters. The molecule has 1 aromatic carbocycles. The molecule has 0 unspecified atom stereocenters. The van der Waals surface area contributed by atoms with Crippen LogP contribution in [0.2, 0.25) is 0 Å². The Kier molecular flexibility index (Phi) is 2.84. The number of aromatic nitrogens is 4. The van der Waals surface area contributed by atoms with Crippen molar-refractivity contribution < 1.29 is 0 Å². The summed E-state index contributed by atoms with van der Waals surface area (Å²) in [6.45, 7) is 0.640. The molecular formula is C14H12N4. The van der Waals surface area contributed by atoms with E-state index in [0.29, 0.717) is 6.54 Å². The van der Waals surface area contributed by atoms with Gasteiger partial charge in [-0.15, -0.1) is 0 Å². The lowest BCUT2D eigenvalue weighted by Gasteiger charge is -2.00. The molecule has 2 heterocycles. The van der Waals surface area contributed by atoms with E-state index in [2.05, 4.69) is 27.2 Å². The summed E-state index contributed by atoms with van der Waals surface area (Å²) in [5, 5.41) is 4.52. The summed E-state index contributed by atoms with van der Waals surface area (Å²) in [6, 6.07) is 12.1. The van der Waals surface area contributed by atoms with Gasteiger partial charge in [-0.25, -0.2) is 0 Å². The monoisotopic (exact) mass is 236 g/mol. The third-order valence-corrected chi connectivity index (χ3v) is 2.65. The Labute approximate surface area is 105 Å². The third kappa shape index (κ3) is 2.27. The molecule has 0 saturated heterocycles. The maximum atomic E-state index is 4.52. The van der Waals surface area contributed by atoms with Gasteiger partial charge in [-0.1, -0.05) is 30.3 Å². The Bertz CT molecular complexity index is 617. The van der Waals surface area contributed by atoms with Gasteiger partial charge < -0.3 is 0 Å². The van der Waals surface area contributed by atoms with Gasteiger partial charge in [-0.05, 0) is 6.07 Å². The molecule has 0 aliphatic heterocycles. The maximum Gasteiger partial charge on any atom is 0.0923 e. The summed E-state index contributed by atoms with van der Waals surface area (Å²) in [5.41, 5.74) is 3.00. The molecule has 3 aromatic rings. The van der Waals surface area contributed by atoms with Crippen molar-refractivity contribution in [2.24, 2.45) is 0 Å². The highest BCUT2D eigenvalue weighted by atomic mass is 15.3. The molecule has 0 aliphatic carbocycles. The van der Waals surface area contributed by atoms with Crippen LogP contribution in [0, 0.1) is 0 Å². The molecule has 0 N–H and O–H groups in total. The number of hydrogen-bond acceptors (Lipinski definition) is 3. The lowest BCUT2D eigenvalue weighted by atomic mass is 10.2. The molecular weight excluding hydrogens is 224 g/mol. The smallest absolute Gasteiger partial charge is 0.0923 e. The van der Waals surface area contributed by atoms with Crippen molar-refractivity contribution in [3.05, 3.63) is 66.9 Å². The van der Waals surface area contributed by atoms with Gasteiger partial charge in [0.1, 0.15) is 0 Å². The standard InChI is InChI=1S/C14H12N4/c1-2-4-12(5-3-1)14-6-9-18(17-14)11-13-10-15-7-8-16-13/h1-10H,11H2. The van der Waals surface area contributed by atoms with Crippen molar-refractivity contribution in [2.75, 3.05) is 0 Å². The normalized spacial score (nSPS) is 10.4. The second-order valence-corrected chi connectivity index (χ2v) is 3.96. The van der Waals surface area contributed by atoms with Crippen LogP contribution in [0.25, 0.3) is 11.3 Å². The second kappa shape index (κ2) is 4.79. The van der Waals surface area contributed by atoms with Crippen molar-refractivity contribution in [3.63, 3.8) is 0 Å². The Balaban J connectivity index is 1.82. The molecule has 18 heavy (non-hydrogen) atoms. The summed E-state index contributed by atoms with van der Waals surface area (Å²) in [7, 11) is 0. The molecule has 0 amide bonds. The quantitative estimate of drug-likeness (QED) is 0.701. The van der Waals surface area contributed by atoms with E-state index in [1.807, 2.05) is 35.1 Å². The summed E-state index contributed by atoms with van der Waals surface area (Å²) in [4.78, 5) is 8.27. The van der Waals surface area contributed by atoms with Gasteiger partial charge in [-0.2, -0.15) is 5.10 Å². The first-order chi connectivity index (χ1) is 8.92. The Morgan fingerprint density at radius 3 is 2.67 bits per heavy atom. The van der Waals surface area contributed by atoms with Crippen molar-refractivity contribution in [3.8, 4) is 11.3 Å². The van der Waals surface area contributed by atoms with Crippen molar-refractivity contribution in [2.45, 2.75) is 6.54 Å². The molecule has 3 rings (SSSR count). The minimum atomic E-state index is 0.640. The lowest BCUT2D eigenvalue weighted by Crippen LogP contribution is -2.02. The number of rotatable bonds is 3. The Hall–Kier alpha value is -2.49. The van der Waals surface area contributed by atoms with Gasteiger partial charge in [0, 0.05) is 24.2 Å². The van der Waals surface area contributed by atoms with Gasteiger partial charge in [0.05, 0.1) is 24.1 Å². The molecule has 4 nitrogen and oxygen atoms in total. The summed E-state index contributed by atoms with van der Waals surface area (Å²) in [6.07, 6.45) is 7.07. The van der Waals surface area contributed by atoms with Crippen LogP contribution in [-0.4, -0.2) is 19.7 Å². The minimum Gasteiger partial charge on any atom is -0.266 e. The van der Waals surface area contributed by atoms with Crippen LogP contribution in [-0.2, 0) is 6.54 Å². The van der Waals surface area contributed by atoms with Gasteiger partial charge in [0.2, 0.25) is 0 Å². The van der Waals surface area contributed by atoms with Crippen LogP contribution < -0.4 is 0 Å². The third-order valence-electron chi connectivity index (χ3n) is 2.65. The van der Waals surface area contributed by atoms with Crippen LogP contribution in [0.3, 0.4) is 0 Å². The Morgan fingerprint density at radius 1 is 1.00 bits per heavy atom. The molecule has 88 valence electrons. The first-order valence-corrected chi connectivity index (χ1v) is 5.75. The van der Waals surface area contributed by atoms with Crippen LogP contribution in [0.15, 0.2) is 61.2 Å². The topological polar surface area (TPSA) is 43.6 Å². The average molecular weight is 236 g/mol. The maximum absolute atomic E-state index is 4.52. The fourth-order valence-electron chi connectivity index (χ4n) is 1.79. The molecule has 0 spiro atoms. The number of benzene rings is 1. The molecule has 0 saturated carbocycles. The van der Waals surface area contributed by atoms with Crippen molar-refractivity contribution in [1.29, 1.82) is 0 Å². The first-order valence-electron chi connectivity index (χ1n) is 5.75. The van der Waals surface area contributed by atoms with E-state index < -0.39 is 0 Å². The SMILES string of the molecule is c1ccc(-c2ccn(Cc3cnccn3)n2)cc1. The number of nitrogens with zero attached hydrogens (tertiary/aromatic N) is 4. The zero-order valence-electron chi connectivity index (χ0n) is 9.77. The van der Waals surface area contributed by atoms with Crippen LogP contribution >= 0.6 is 0 Å². The van der Waals surface area contributed by atoms with Crippen molar-refractivity contribution >= 4 is 0 Å². The molecule has 0 fully saturated rings. The van der Waals surface area contributed by atoms with Gasteiger partial charge in [-0.3, -0.25) is 14.6 Å². The predicted molar refractivity (Wildman–Crippen MR) is 68.8 cm³/mol. The number of hydrogen-bond donors (Lipinski definition) is 0. The van der Waals surface area contributed by atoms with Crippen molar-refractivity contribution in [1.82, 2.24) is 19.7 Å². The van der Waals surface area contributed by atoms with Gasteiger partial charge in [0.15, 0.2) is 0 Å². The fraction of sp³-hybridized carbons (Fsp3) is 0.0714. The highest BCUT2D eigenvalue weighted by Gasteiger charge is 2.02. The second-order valence-electron chi connectivity index (χ2n) is 3.96. The highest BCUT2D eigenvalue weighted by molar-refractivity contribution is 5.57. The van der Waals surface area contributed by atoms with E-state index in [-0.39, 0.29) is 0 Å². The van der Waals surface area contributed by atoms with Crippen LogP contribution in [0.1, 0.15) is 5.69 Å². The zero-order valence-corrected chi connectivity index (χ0v) is 9.77. The van der Waals surface area contributed by atoms with E-state index in [1.54, 1.807) is 18.6 Å². The van der Waals surface area contributed by atoms with E-state index in [1.165, 1.54) is 0 Å². The molecule has 0 aliphatic rings. The predicted octanol–water partition coefficient (Wildman–Crippen LogP) is 2.39. The summed E-state index contributed by atoms with van der Waals surface area (Å²) < 4.78 is 1.87. The molecule has 0 bridgehead atoms. The summed E-state index contributed by atoms with van der Waals surface area (Å²) >= 11 is 0. The zero-order chi connectivity index (χ0) is 12.2. The minimum absolute atomic E-state index is 0.640. The Morgan fingerprint density at radius 2 is 1.89 bits per heavy atom. The molecule has 0 radical (unpaired) electrons. The first kappa shape index (κ1) is 10.7. The molecule has 2 aromatic heterocycles. The van der Waals surface area contributed by atoms with Gasteiger partial charge >= 0.3 is 0 Å². The van der Waals surface area contributed by atoms with E-state index in [9.17, 15) is 0 Å². The summed E-state index contributed by atoms with van der Waals surface area (Å²) in [5.74, 6) is 0. The van der Waals surface area contributed by atoms with Crippen LogP contribution in [0.5, 0.6) is 0 Å². The lowest BCUT2D eigenvalue weighted by molar-refractivity contribution is 0.672. The largest absolute Gasteiger partial charge is 0.266 e. The van der Waals surface area contributed by atoms with E-state index >= 15 is 0 Å².